The highest BCUT2D eigenvalue weighted by Crippen LogP contribution is 2.35. The van der Waals surface area contributed by atoms with Crippen LogP contribution in [0.2, 0.25) is 0 Å². The first-order valence-electron chi connectivity index (χ1n) is 9.11. The predicted octanol–water partition coefficient (Wildman–Crippen LogP) is 2.29. The van der Waals surface area contributed by atoms with E-state index in [2.05, 4.69) is 10.00 Å². The fourth-order valence-corrected chi connectivity index (χ4v) is 3.71. The second-order valence-corrected chi connectivity index (χ2v) is 7.31. The van der Waals surface area contributed by atoms with E-state index in [-0.39, 0.29) is 17.6 Å². The number of carboxylic acids is 1. The minimum atomic E-state index is -5.08. The van der Waals surface area contributed by atoms with Gasteiger partial charge in [-0.05, 0) is 17.7 Å². The number of amides is 1. The molecular formula is C19H20F4N4O3. The van der Waals surface area contributed by atoms with Gasteiger partial charge in [0.1, 0.15) is 5.82 Å². The molecule has 2 atom stereocenters. The minimum absolute atomic E-state index is 0.0654. The van der Waals surface area contributed by atoms with Crippen molar-refractivity contribution >= 4 is 17.6 Å². The highest BCUT2D eigenvalue weighted by atomic mass is 19.4. The number of fused-ring (bicyclic) bond motifs is 1. The average molecular weight is 428 g/mol. The third-order valence-electron chi connectivity index (χ3n) is 5.08. The summed E-state index contributed by atoms with van der Waals surface area (Å²) in [5, 5.41) is 11.3. The van der Waals surface area contributed by atoms with Gasteiger partial charge in [-0.1, -0.05) is 12.1 Å². The van der Waals surface area contributed by atoms with Gasteiger partial charge in [-0.15, -0.1) is 0 Å². The van der Waals surface area contributed by atoms with Crippen LogP contribution in [0.4, 0.5) is 23.2 Å². The van der Waals surface area contributed by atoms with Gasteiger partial charge in [-0.2, -0.15) is 18.3 Å². The van der Waals surface area contributed by atoms with Crippen molar-refractivity contribution in [2.75, 3.05) is 24.5 Å². The smallest absolute Gasteiger partial charge is 0.475 e. The second kappa shape index (κ2) is 8.42. The molecule has 0 saturated carbocycles. The summed E-state index contributed by atoms with van der Waals surface area (Å²) in [6.07, 6.45) is -1.45. The number of alkyl halides is 3. The van der Waals surface area contributed by atoms with Crippen molar-refractivity contribution in [2.24, 2.45) is 18.9 Å². The molecule has 0 bridgehead atoms. The summed E-state index contributed by atoms with van der Waals surface area (Å²) in [4.78, 5) is 25.7. The summed E-state index contributed by atoms with van der Waals surface area (Å²) in [5.41, 5.74) is 1.97. The van der Waals surface area contributed by atoms with Gasteiger partial charge in [0.25, 0.3) is 0 Å². The number of anilines is 1. The third kappa shape index (κ3) is 4.96. The monoisotopic (exact) mass is 428 g/mol. The molecule has 4 rings (SSSR count). The molecule has 30 heavy (non-hydrogen) atoms. The van der Waals surface area contributed by atoms with Gasteiger partial charge in [0.05, 0.1) is 17.8 Å². The number of carbonyl (C=O) groups is 2. The molecule has 0 aliphatic carbocycles. The second-order valence-electron chi connectivity index (χ2n) is 7.31. The quantitative estimate of drug-likeness (QED) is 0.759. The zero-order valence-corrected chi connectivity index (χ0v) is 16.0. The molecule has 1 aromatic heterocycles. The normalized spacial score (nSPS) is 21.4. The van der Waals surface area contributed by atoms with E-state index >= 15 is 0 Å². The molecule has 162 valence electrons. The molecule has 1 aromatic carbocycles. The minimum Gasteiger partial charge on any atom is -0.475 e. The van der Waals surface area contributed by atoms with Crippen molar-refractivity contribution in [3.63, 3.8) is 0 Å². The molecule has 11 heteroatoms. The molecule has 2 aliphatic rings. The highest BCUT2D eigenvalue weighted by molar-refractivity contribution is 5.97. The van der Waals surface area contributed by atoms with E-state index in [1.807, 2.05) is 30.3 Å². The molecule has 2 aromatic rings. The number of rotatable bonds is 3. The van der Waals surface area contributed by atoms with Crippen LogP contribution in [0.3, 0.4) is 0 Å². The first-order valence-corrected chi connectivity index (χ1v) is 9.11. The summed E-state index contributed by atoms with van der Waals surface area (Å²) in [7, 11) is 1.86. The number of aliphatic carboxylic acids is 1. The lowest BCUT2D eigenvalue weighted by atomic mass is 10.0. The van der Waals surface area contributed by atoms with E-state index in [0.29, 0.717) is 5.92 Å². The summed E-state index contributed by atoms with van der Waals surface area (Å²) >= 11 is 0. The summed E-state index contributed by atoms with van der Waals surface area (Å²) in [6.45, 7) is 3.21. The lowest BCUT2D eigenvalue weighted by Crippen LogP contribution is -2.32. The Morgan fingerprint density at radius 1 is 1.20 bits per heavy atom. The molecule has 2 saturated heterocycles. The Balaban J connectivity index is 0.000000318. The number of aryl methyl sites for hydroxylation is 1. The highest BCUT2D eigenvalue weighted by Gasteiger charge is 2.46. The van der Waals surface area contributed by atoms with Crippen LogP contribution in [0.5, 0.6) is 0 Å². The van der Waals surface area contributed by atoms with Gasteiger partial charge in [0.15, 0.2) is 0 Å². The fourth-order valence-electron chi connectivity index (χ4n) is 3.71. The van der Waals surface area contributed by atoms with Gasteiger partial charge in [0, 0.05) is 45.3 Å². The van der Waals surface area contributed by atoms with Gasteiger partial charge >= 0.3 is 12.1 Å². The molecule has 3 heterocycles. The molecular weight excluding hydrogens is 408 g/mol. The first kappa shape index (κ1) is 21.8. The number of aromatic nitrogens is 2. The van der Waals surface area contributed by atoms with E-state index in [1.165, 1.54) is 12.1 Å². The van der Waals surface area contributed by atoms with Crippen LogP contribution in [-0.2, 0) is 23.2 Å². The van der Waals surface area contributed by atoms with Crippen molar-refractivity contribution in [3.05, 3.63) is 48.0 Å². The van der Waals surface area contributed by atoms with Gasteiger partial charge in [-0.25, -0.2) is 9.18 Å². The standard InChI is InChI=1S/C17H19FN4O.C2HF3O2/c1-20-10-15(6-19-20)22-9-13-8-21(11-16(13)17(22)23)7-12-2-4-14(18)5-3-12;3-2(4,5)1(6)7/h2-6,10,13,16H,7-9,11H2,1H3;(H,6,7)/t13-,16-;/m0./s1. The largest absolute Gasteiger partial charge is 0.490 e. The van der Waals surface area contributed by atoms with Crippen molar-refractivity contribution in [2.45, 2.75) is 12.7 Å². The number of hydrogen-bond donors (Lipinski definition) is 1. The van der Waals surface area contributed by atoms with Crippen molar-refractivity contribution in [3.8, 4) is 0 Å². The van der Waals surface area contributed by atoms with Crippen LogP contribution in [0, 0.1) is 17.7 Å². The average Bonchev–Trinajstić information content (AvgIpc) is 3.33. The topological polar surface area (TPSA) is 78.7 Å². The van der Waals surface area contributed by atoms with Gasteiger partial charge < -0.3 is 10.0 Å². The van der Waals surface area contributed by atoms with E-state index in [0.717, 1.165) is 37.4 Å². The Kier molecular flexibility index (Phi) is 6.11. The zero-order chi connectivity index (χ0) is 22.1. The number of nitrogens with zero attached hydrogens (tertiary/aromatic N) is 4. The van der Waals surface area contributed by atoms with Gasteiger partial charge in [-0.3, -0.25) is 14.4 Å². The zero-order valence-electron chi connectivity index (χ0n) is 16.0. The first-order chi connectivity index (χ1) is 14.0. The summed E-state index contributed by atoms with van der Waals surface area (Å²) in [6, 6.07) is 6.60. The van der Waals surface area contributed by atoms with Crippen molar-refractivity contribution < 1.29 is 32.3 Å². The summed E-state index contributed by atoms with van der Waals surface area (Å²) in [5.74, 6) is -2.34. The van der Waals surface area contributed by atoms with Crippen molar-refractivity contribution in [1.82, 2.24) is 14.7 Å². The van der Waals surface area contributed by atoms with Crippen LogP contribution in [0.15, 0.2) is 36.7 Å². The molecule has 0 spiro atoms. The lowest BCUT2D eigenvalue weighted by Gasteiger charge is -2.20. The molecule has 1 amide bonds. The fraction of sp³-hybridized carbons (Fsp3) is 0.421. The Morgan fingerprint density at radius 2 is 1.83 bits per heavy atom. The maximum absolute atomic E-state index is 13.0. The molecule has 0 unspecified atom stereocenters. The van der Waals surface area contributed by atoms with E-state index in [1.54, 1.807) is 10.9 Å². The molecule has 1 N–H and O–H groups in total. The number of likely N-dealkylation sites (tertiary alicyclic amines) is 1. The number of hydrogen-bond acceptors (Lipinski definition) is 4. The third-order valence-corrected chi connectivity index (χ3v) is 5.08. The van der Waals surface area contributed by atoms with Crippen molar-refractivity contribution in [1.29, 1.82) is 0 Å². The molecule has 2 fully saturated rings. The van der Waals surface area contributed by atoms with E-state index in [9.17, 15) is 22.4 Å². The Hall–Kier alpha value is -2.95. The van der Waals surface area contributed by atoms with E-state index in [4.69, 9.17) is 9.90 Å². The van der Waals surface area contributed by atoms with Crippen LogP contribution in [-0.4, -0.2) is 57.5 Å². The molecule has 0 radical (unpaired) electrons. The Bertz CT molecular complexity index is 913. The van der Waals surface area contributed by atoms with Gasteiger partial charge in [0.2, 0.25) is 5.91 Å². The summed E-state index contributed by atoms with van der Waals surface area (Å²) < 4.78 is 46.4. The molecule has 7 nitrogen and oxygen atoms in total. The van der Waals surface area contributed by atoms with Crippen LogP contribution >= 0.6 is 0 Å². The Morgan fingerprint density at radius 3 is 2.33 bits per heavy atom. The maximum atomic E-state index is 13.0. The number of carboxylic acid groups (broad SMARTS) is 1. The van der Waals surface area contributed by atoms with E-state index < -0.39 is 12.1 Å². The van der Waals surface area contributed by atoms with Crippen LogP contribution < -0.4 is 4.90 Å². The lowest BCUT2D eigenvalue weighted by molar-refractivity contribution is -0.192. The number of halogens is 4. The maximum Gasteiger partial charge on any atom is 0.490 e. The Labute approximate surface area is 169 Å². The predicted molar refractivity (Wildman–Crippen MR) is 97.9 cm³/mol. The molecule has 2 aliphatic heterocycles. The van der Waals surface area contributed by atoms with Crippen LogP contribution in [0.1, 0.15) is 5.56 Å². The number of benzene rings is 1. The number of carbonyl (C=O) groups excluding carboxylic acids is 1. The van der Waals surface area contributed by atoms with Crippen LogP contribution in [0.25, 0.3) is 0 Å². The SMILES string of the molecule is Cn1cc(N2C[C@@H]3CN(Cc4ccc(F)cc4)C[C@@H]3C2=O)cn1.O=C(O)C(F)(F)F.